The van der Waals surface area contributed by atoms with E-state index in [9.17, 15) is 19.2 Å². The van der Waals surface area contributed by atoms with Crippen molar-refractivity contribution >= 4 is 23.9 Å². The van der Waals surface area contributed by atoms with Gasteiger partial charge in [0.25, 0.3) is 0 Å². The van der Waals surface area contributed by atoms with Crippen molar-refractivity contribution in [3.05, 3.63) is 11.1 Å². The van der Waals surface area contributed by atoms with Crippen LogP contribution in [0.4, 0.5) is 0 Å². The maximum absolute atomic E-state index is 11.6. The topological polar surface area (TPSA) is 105 Å². The van der Waals surface area contributed by atoms with Crippen LogP contribution < -0.4 is 0 Å². The third kappa shape index (κ3) is 4.90. The summed E-state index contributed by atoms with van der Waals surface area (Å²) in [5, 5.41) is 0. The molecule has 0 unspecified atom stereocenters. The molecule has 0 heterocycles. The third-order valence-corrected chi connectivity index (χ3v) is 2.69. The zero-order valence-corrected chi connectivity index (χ0v) is 12.6. The molecule has 21 heavy (non-hydrogen) atoms. The van der Waals surface area contributed by atoms with Gasteiger partial charge in [-0.3, -0.25) is 9.59 Å². The van der Waals surface area contributed by atoms with Crippen molar-refractivity contribution in [2.45, 2.75) is 13.3 Å². The van der Waals surface area contributed by atoms with Crippen LogP contribution in [0.3, 0.4) is 0 Å². The Bertz CT molecular complexity index is 429. The van der Waals surface area contributed by atoms with Crippen LogP contribution >= 0.6 is 0 Å². The summed E-state index contributed by atoms with van der Waals surface area (Å²) >= 11 is 0. The van der Waals surface area contributed by atoms with Crippen LogP contribution in [-0.2, 0) is 38.1 Å². The van der Waals surface area contributed by atoms with E-state index in [0.29, 0.717) is 0 Å². The van der Waals surface area contributed by atoms with E-state index in [1.54, 1.807) is 0 Å². The van der Waals surface area contributed by atoms with Crippen molar-refractivity contribution in [2.75, 3.05) is 28.4 Å². The normalized spacial score (nSPS) is 9.62. The van der Waals surface area contributed by atoms with Gasteiger partial charge in [-0.2, -0.15) is 0 Å². The molecule has 0 saturated carbocycles. The summed E-state index contributed by atoms with van der Waals surface area (Å²) < 4.78 is 18.0. The highest BCUT2D eigenvalue weighted by Crippen LogP contribution is 2.19. The molecule has 8 heteroatoms. The molecule has 0 aromatic heterocycles. The zero-order chi connectivity index (χ0) is 16.6. The minimum Gasteiger partial charge on any atom is -0.468 e. The van der Waals surface area contributed by atoms with Gasteiger partial charge in [-0.05, 0) is 18.9 Å². The van der Waals surface area contributed by atoms with Gasteiger partial charge in [-0.15, -0.1) is 0 Å². The SMILES string of the molecule is COC(=O)C(C(=O)OC)=C(C)CC(C(=O)OC)C(=O)OC. The first-order valence-corrected chi connectivity index (χ1v) is 5.86. The van der Waals surface area contributed by atoms with E-state index in [1.165, 1.54) is 6.92 Å². The summed E-state index contributed by atoms with van der Waals surface area (Å²) in [6, 6.07) is 0. The number of ether oxygens (including phenoxy) is 4. The van der Waals surface area contributed by atoms with Gasteiger partial charge in [0.2, 0.25) is 0 Å². The lowest BCUT2D eigenvalue weighted by Crippen LogP contribution is -2.28. The predicted octanol–water partition coefficient (Wildman–Crippen LogP) is 0.00120. The molecular formula is C13H18O8. The number of hydrogen-bond donors (Lipinski definition) is 0. The van der Waals surface area contributed by atoms with E-state index in [2.05, 4.69) is 18.9 Å². The van der Waals surface area contributed by atoms with Crippen LogP contribution in [0.15, 0.2) is 11.1 Å². The average Bonchev–Trinajstić information content (AvgIpc) is 2.50. The lowest BCUT2D eigenvalue weighted by Gasteiger charge is -2.14. The van der Waals surface area contributed by atoms with Crippen molar-refractivity contribution in [3.8, 4) is 0 Å². The Kier molecular flexibility index (Phi) is 7.74. The minimum absolute atomic E-state index is 0.148. The van der Waals surface area contributed by atoms with Gasteiger partial charge in [0.05, 0.1) is 28.4 Å². The Morgan fingerprint density at radius 3 is 1.43 bits per heavy atom. The van der Waals surface area contributed by atoms with E-state index in [0.717, 1.165) is 28.4 Å². The number of carbonyl (C=O) groups excluding carboxylic acids is 4. The Hall–Kier alpha value is -2.38. The summed E-state index contributed by atoms with van der Waals surface area (Å²) in [4.78, 5) is 46.3. The lowest BCUT2D eigenvalue weighted by atomic mass is 9.96. The standard InChI is InChI=1S/C13H18O8/c1-7(9(12(16)20-4)13(17)21-5)6-8(10(14)18-2)11(15)19-3/h8H,6H2,1-5H3. The molecule has 118 valence electrons. The van der Waals surface area contributed by atoms with Crippen LogP contribution in [-0.4, -0.2) is 52.3 Å². The van der Waals surface area contributed by atoms with E-state index in [1.807, 2.05) is 0 Å². The van der Waals surface area contributed by atoms with E-state index in [-0.39, 0.29) is 17.6 Å². The van der Waals surface area contributed by atoms with Gasteiger partial charge >= 0.3 is 23.9 Å². The van der Waals surface area contributed by atoms with Gasteiger partial charge in [-0.1, -0.05) is 0 Å². The van der Waals surface area contributed by atoms with Gasteiger partial charge in [-0.25, -0.2) is 9.59 Å². The van der Waals surface area contributed by atoms with Crippen LogP contribution in [0.5, 0.6) is 0 Å². The molecule has 0 aromatic carbocycles. The summed E-state index contributed by atoms with van der Waals surface area (Å²) in [6.45, 7) is 1.40. The van der Waals surface area contributed by atoms with Crippen molar-refractivity contribution in [1.29, 1.82) is 0 Å². The van der Waals surface area contributed by atoms with Gasteiger partial charge in [0.15, 0.2) is 5.92 Å². The molecule has 0 aliphatic carbocycles. The van der Waals surface area contributed by atoms with Crippen LogP contribution in [0.25, 0.3) is 0 Å². The Morgan fingerprint density at radius 1 is 0.762 bits per heavy atom. The summed E-state index contributed by atoms with van der Waals surface area (Å²) in [7, 11) is 4.41. The van der Waals surface area contributed by atoms with E-state index >= 15 is 0 Å². The highest BCUT2D eigenvalue weighted by Gasteiger charge is 2.32. The molecule has 0 spiro atoms. The second-order valence-electron chi connectivity index (χ2n) is 3.94. The fourth-order valence-corrected chi connectivity index (χ4v) is 1.59. The lowest BCUT2D eigenvalue weighted by molar-refractivity contribution is -0.159. The number of carbonyl (C=O) groups is 4. The van der Waals surface area contributed by atoms with Gasteiger partial charge in [0.1, 0.15) is 5.57 Å². The number of allylic oxidation sites excluding steroid dienone is 1. The molecule has 0 N–H and O–H groups in total. The fourth-order valence-electron chi connectivity index (χ4n) is 1.59. The van der Waals surface area contributed by atoms with E-state index in [4.69, 9.17) is 0 Å². The van der Waals surface area contributed by atoms with Crippen molar-refractivity contribution < 1.29 is 38.1 Å². The quantitative estimate of drug-likeness (QED) is 0.222. The summed E-state index contributed by atoms with van der Waals surface area (Å²) in [5.41, 5.74) is -0.229. The highest BCUT2D eigenvalue weighted by atomic mass is 16.5. The first-order chi connectivity index (χ1) is 9.83. The Morgan fingerprint density at radius 2 is 1.14 bits per heavy atom. The fraction of sp³-hybridized carbons (Fsp3) is 0.538. The number of methoxy groups -OCH3 is 4. The van der Waals surface area contributed by atoms with Crippen LogP contribution in [0, 0.1) is 5.92 Å². The maximum Gasteiger partial charge on any atom is 0.345 e. The second kappa shape index (κ2) is 8.72. The molecule has 8 nitrogen and oxygen atoms in total. The zero-order valence-electron chi connectivity index (χ0n) is 12.6. The number of hydrogen-bond acceptors (Lipinski definition) is 8. The molecule has 0 aliphatic rings. The Labute approximate surface area is 122 Å². The first-order valence-electron chi connectivity index (χ1n) is 5.86. The molecule has 0 aliphatic heterocycles. The molecular weight excluding hydrogens is 284 g/mol. The van der Waals surface area contributed by atoms with Crippen molar-refractivity contribution in [2.24, 2.45) is 5.92 Å². The molecule has 0 amide bonds. The molecule has 0 atom stereocenters. The third-order valence-electron chi connectivity index (χ3n) is 2.69. The number of esters is 4. The minimum atomic E-state index is -1.29. The molecule has 0 aromatic rings. The smallest absolute Gasteiger partial charge is 0.345 e. The molecule has 0 rings (SSSR count). The first kappa shape index (κ1) is 18.6. The molecule has 0 saturated heterocycles. The summed E-state index contributed by atoms with van der Waals surface area (Å²) in [5.74, 6) is -4.81. The largest absolute Gasteiger partial charge is 0.468 e. The molecule has 0 radical (unpaired) electrons. The highest BCUT2D eigenvalue weighted by molar-refractivity contribution is 6.14. The predicted molar refractivity (Wildman–Crippen MR) is 68.9 cm³/mol. The van der Waals surface area contributed by atoms with E-state index < -0.39 is 29.8 Å². The average molecular weight is 302 g/mol. The monoisotopic (exact) mass is 302 g/mol. The molecule has 0 fully saturated rings. The van der Waals surface area contributed by atoms with Crippen LogP contribution in [0.2, 0.25) is 0 Å². The van der Waals surface area contributed by atoms with Gasteiger partial charge in [0, 0.05) is 0 Å². The van der Waals surface area contributed by atoms with Crippen molar-refractivity contribution in [3.63, 3.8) is 0 Å². The Balaban J connectivity index is 5.58. The summed E-state index contributed by atoms with van der Waals surface area (Å²) in [6.07, 6.45) is -0.237. The van der Waals surface area contributed by atoms with Crippen molar-refractivity contribution in [1.82, 2.24) is 0 Å². The van der Waals surface area contributed by atoms with Crippen LogP contribution in [0.1, 0.15) is 13.3 Å². The number of rotatable bonds is 6. The maximum atomic E-state index is 11.6. The van der Waals surface area contributed by atoms with Gasteiger partial charge < -0.3 is 18.9 Å². The second-order valence-corrected chi connectivity index (χ2v) is 3.94. The molecule has 0 bridgehead atoms.